The average molecular weight is 275 g/mol. The van der Waals surface area contributed by atoms with Crippen LogP contribution < -0.4 is 10.1 Å². The van der Waals surface area contributed by atoms with E-state index in [9.17, 15) is 0 Å². The maximum atomic E-state index is 5.85. The van der Waals surface area contributed by atoms with Crippen molar-refractivity contribution >= 4 is 0 Å². The van der Waals surface area contributed by atoms with E-state index in [2.05, 4.69) is 29.6 Å². The molecule has 2 unspecified atom stereocenters. The average Bonchev–Trinajstić information content (AvgIpc) is 3.31. The van der Waals surface area contributed by atoms with Gasteiger partial charge in [-0.15, -0.1) is 0 Å². The molecule has 2 aliphatic rings. The van der Waals surface area contributed by atoms with E-state index in [1.54, 1.807) is 0 Å². The molecule has 3 rings (SSSR count). The van der Waals surface area contributed by atoms with Crippen molar-refractivity contribution in [3.05, 3.63) is 29.8 Å². The molecule has 1 aromatic rings. The Morgan fingerprint density at radius 3 is 2.60 bits per heavy atom. The summed E-state index contributed by atoms with van der Waals surface area (Å²) in [6.45, 7) is 0.926. The van der Waals surface area contributed by atoms with Crippen molar-refractivity contribution in [2.75, 3.05) is 13.7 Å². The monoisotopic (exact) mass is 275 g/mol. The first kappa shape index (κ1) is 13.9. The third-order valence-corrected chi connectivity index (χ3v) is 4.23. The molecule has 0 bridgehead atoms. The lowest BCUT2D eigenvalue weighted by Gasteiger charge is -2.27. The number of hydrogen-bond acceptors (Lipinski definition) is 3. The van der Waals surface area contributed by atoms with E-state index in [0.29, 0.717) is 18.2 Å². The Bertz CT molecular complexity index is 408. The molecule has 20 heavy (non-hydrogen) atoms. The summed E-state index contributed by atoms with van der Waals surface area (Å²) in [6.07, 6.45) is 8.06. The number of benzene rings is 1. The van der Waals surface area contributed by atoms with Crippen LogP contribution in [0.4, 0.5) is 0 Å². The molecule has 0 spiro atoms. The molecule has 3 nitrogen and oxygen atoms in total. The van der Waals surface area contributed by atoms with E-state index in [4.69, 9.17) is 9.47 Å². The standard InChI is InChI=1S/C17H25NO2/c1-18-17(12-16-4-2-3-11-19-16)13-5-7-14(8-6-13)20-15-9-10-15/h5-8,15-18H,2-4,9-12H2,1H3. The van der Waals surface area contributed by atoms with Crippen LogP contribution in [0.25, 0.3) is 0 Å². The van der Waals surface area contributed by atoms with Gasteiger partial charge in [-0.1, -0.05) is 12.1 Å². The predicted molar refractivity (Wildman–Crippen MR) is 80.1 cm³/mol. The van der Waals surface area contributed by atoms with E-state index in [1.807, 2.05) is 7.05 Å². The Morgan fingerprint density at radius 1 is 1.20 bits per heavy atom. The maximum Gasteiger partial charge on any atom is 0.119 e. The third kappa shape index (κ3) is 3.74. The molecular weight excluding hydrogens is 250 g/mol. The van der Waals surface area contributed by atoms with Crippen LogP contribution >= 0.6 is 0 Å². The second-order valence-corrected chi connectivity index (χ2v) is 5.95. The van der Waals surface area contributed by atoms with Crippen molar-refractivity contribution in [2.45, 2.75) is 56.8 Å². The lowest BCUT2D eigenvalue weighted by Crippen LogP contribution is -2.26. The smallest absolute Gasteiger partial charge is 0.119 e. The highest BCUT2D eigenvalue weighted by molar-refractivity contribution is 5.29. The highest BCUT2D eigenvalue weighted by Gasteiger charge is 2.24. The van der Waals surface area contributed by atoms with Crippen LogP contribution in [0.5, 0.6) is 5.75 Å². The van der Waals surface area contributed by atoms with Gasteiger partial charge >= 0.3 is 0 Å². The Labute approximate surface area is 121 Å². The van der Waals surface area contributed by atoms with Crippen molar-refractivity contribution in [3.63, 3.8) is 0 Å². The SMILES string of the molecule is CNC(CC1CCCCO1)c1ccc(OC2CC2)cc1. The Hall–Kier alpha value is -1.06. The molecule has 110 valence electrons. The second kappa shape index (κ2) is 6.59. The van der Waals surface area contributed by atoms with E-state index in [1.165, 1.54) is 37.7 Å². The molecule has 1 N–H and O–H groups in total. The zero-order valence-electron chi connectivity index (χ0n) is 12.3. The normalized spacial score (nSPS) is 24.4. The fourth-order valence-corrected chi connectivity index (χ4v) is 2.83. The van der Waals surface area contributed by atoms with Crippen LogP contribution in [0.15, 0.2) is 24.3 Å². The molecule has 2 atom stereocenters. The highest BCUT2D eigenvalue weighted by atomic mass is 16.5. The summed E-state index contributed by atoms with van der Waals surface area (Å²) in [5.41, 5.74) is 1.32. The molecule has 1 saturated heterocycles. The van der Waals surface area contributed by atoms with E-state index in [-0.39, 0.29) is 0 Å². The summed E-state index contributed by atoms with van der Waals surface area (Å²) in [4.78, 5) is 0. The van der Waals surface area contributed by atoms with Crippen LogP contribution in [0, 0.1) is 0 Å². The van der Waals surface area contributed by atoms with Crippen molar-refractivity contribution in [3.8, 4) is 5.75 Å². The second-order valence-electron chi connectivity index (χ2n) is 5.95. The molecule has 3 heteroatoms. The summed E-state index contributed by atoms with van der Waals surface area (Å²) in [7, 11) is 2.03. The minimum Gasteiger partial charge on any atom is -0.490 e. The van der Waals surface area contributed by atoms with Crippen molar-refractivity contribution in [1.29, 1.82) is 0 Å². The molecular formula is C17H25NO2. The molecule has 1 heterocycles. The van der Waals surface area contributed by atoms with Gasteiger partial charge in [0, 0.05) is 12.6 Å². The first-order valence-electron chi connectivity index (χ1n) is 7.90. The number of ether oxygens (including phenoxy) is 2. The number of nitrogens with one attached hydrogen (secondary N) is 1. The molecule has 1 saturated carbocycles. The largest absolute Gasteiger partial charge is 0.490 e. The fraction of sp³-hybridized carbons (Fsp3) is 0.647. The summed E-state index contributed by atoms with van der Waals surface area (Å²) in [5, 5.41) is 3.42. The van der Waals surface area contributed by atoms with Crippen molar-refractivity contribution in [1.82, 2.24) is 5.32 Å². The Morgan fingerprint density at radius 2 is 2.00 bits per heavy atom. The van der Waals surface area contributed by atoms with Crippen LogP contribution in [0.2, 0.25) is 0 Å². The van der Waals surface area contributed by atoms with E-state index in [0.717, 1.165) is 18.8 Å². The molecule has 1 aromatic carbocycles. The zero-order valence-corrected chi connectivity index (χ0v) is 12.3. The minimum atomic E-state index is 0.369. The van der Waals surface area contributed by atoms with Gasteiger partial charge in [0.05, 0.1) is 12.2 Å². The minimum absolute atomic E-state index is 0.369. The molecule has 0 aromatic heterocycles. The van der Waals surface area contributed by atoms with Crippen LogP contribution in [0.3, 0.4) is 0 Å². The first-order valence-corrected chi connectivity index (χ1v) is 7.90. The summed E-state index contributed by atoms with van der Waals surface area (Å²) < 4.78 is 11.7. The van der Waals surface area contributed by atoms with Crippen LogP contribution in [-0.2, 0) is 4.74 Å². The summed E-state index contributed by atoms with van der Waals surface area (Å²) >= 11 is 0. The van der Waals surface area contributed by atoms with Gasteiger partial charge in [0.25, 0.3) is 0 Å². The number of rotatable bonds is 6. The third-order valence-electron chi connectivity index (χ3n) is 4.23. The molecule has 0 amide bonds. The quantitative estimate of drug-likeness (QED) is 0.862. The Balaban J connectivity index is 1.58. The summed E-state index contributed by atoms with van der Waals surface area (Å²) in [5.74, 6) is 1.00. The molecule has 0 radical (unpaired) electrons. The predicted octanol–water partition coefficient (Wildman–Crippen LogP) is 3.45. The molecule has 1 aliphatic heterocycles. The van der Waals surface area contributed by atoms with Crippen molar-refractivity contribution < 1.29 is 9.47 Å². The van der Waals surface area contributed by atoms with Crippen LogP contribution in [-0.4, -0.2) is 25.9 Å². The topological polar surface area (TPSA) is 30.5 Å². The van der Waals surface area contributed by atoms with Gasteiger partial charge in [-0.25, -0.2) is 0 Å². The van der Waals surface area contributed by atoms with Gasteiger partial charge in [0.2, 0.25) is 0 Å². The van der Waals surface area contributed by atoms with E-state index >= 15 is 0 Å². The lowest BCUT2D eigenvalue weighted by molar-refractivity contribution is 0.00548. The summed E-state index contributed by atoms with van der Waals surface area (Å²) in [6, 6.07) is 8.93. The zero-order chi connectivity index (χ0) is 13.8. The van der Waals surface area contributed by atoms with Gasteiger partial charge in [-0.2, -0.15) is 0 Å². The maximum absolute atomic E-state index is 5.85. The molecule has 1 aliphatic carbocycles. The van der Waals surface area contributed by atoms with Crippen LogP contribution in [0.1, 0.15) is 50.1 Å². The van der Waals surface area contributed by atoms with Gasteiger partial charge < -0.3 is 14.8 Å². The Kier molecular flexibility index (Phi) is 4.58. The van der Waals surface area contributed by atoms with Gasteiger partial charge in [-0.3, -0.25) is 0 Å². The first-order chi connectivity index (χ1) is 9.85. The van der Waals surface area contributed by atoms with Gasteiger partial charge in [-0.05, 0) is 63.3 Å². The van der Waals surface area contributed by atoms with Gasteiger partial charge in [0.15, 0.2) is 0 Å². The number of hydrogen-bond donors (Lipinski definition) is 1. The van der Waals surface area contributed by atoms with Crippen molar-refractivity contribution in [2.24, 2.45) is 0 Å². The molecule has 2 fully saturated rings. The fourth-order valence-electron chi connectivity index (χ4n) is 2.83. The van der Waals surface area contributed by atoms with Gasteiger partial charge in [0.1, 0.15) is 5.75 Å². The van der Waals surface area contributed by atoms with E-state index < -0.39 is 0 Å². The highest BCUT2D eigenvalue weighted by Crippen LogP contribution is 2.29. The lowest BCUT2D eigenvalue weighted by atomic mass is 9.97.